The van der Waals surface area contributed by atoms with E-state index in [1.165, 1.54) is 17.7 Å². The Hall–Kier alpha value is -1.10. The molecular formula is C12H21N3O2. The Kier molecular flexibility index (Phi) is 3.66. The normalized spacial score (nSPS) is 19.2. The fourth-order valence-corrected chi connectivity index (χ4v) is 1.78. The molecule has 0 aromatic heterocycles. The van der Waals surface area contributed by atoms with Crippen molar-refractivity contribution in [1.82, 2.24) is 15.1 Å². The molecule has 17 heavy (non-hydrogen) atoms. The van der Waals surface area contributed by atoms with Gasteiger partial charge in [0.15, 0.2) is 0 Å². The van der Waals surface area contributed by atoms with Crippen molar-refractivity contribution >= 4 is 11.8 Å². The van der Waals surface area contributed by atoms with Crippen LogP contribution in [-0.4, -0.2) is 60.9 Å². The minimum atomic E-state index is -0.0441. The van der Waals surface area contributed by atoms with Gasteiger partial charge in [0.05, 0.1) is 13.1 Å². The van der Waals surface area contributed by atoms with Gasteiger partial charge in [-0.05, 0) is 32.7 Å². The summed E-state index contributed by atoms with van der Waals surface area (Å²) in [5.41, 5.74) is 0. The van der Waals surface area contributed by atoms with Crippen LogP contribution in [0.15, 0.2) is 0 Å². The van der Waals surface area contributed by atoms with Gasteiger partial charge in [-0.15, -0.1) is 0 Å². The van der Waals surface area contributed by atoms with Gasteiger partial charge in [0.25, 0.3) is 0 Å². The molecule has 2 saturated carbocycles. The zero-order valence-corrected chi connectivity index (χ0v) is 10.6. The molecule has 0 radical (unpaired) electrons. The minimum absolute atomic E-state index is 0.0188. The number of amides is 2. The third kappa shape index (κ3) is 4.00. The Morgan fingerprint density at radius 1 is 1.12 bits per heavy atom. The summed E-state index contributed by atoms with van der Waals surface area (Å²) >= 11 is 0. The molecule has 2 amide bonds. The standard InChI is InChI=1S/C12H21N3O2/c1-14(10-5-6-10)8-12(17)15(2)7-11(16)13-9-3-4-9/h9-10H,3-8H2,1-2H3,(H,13,16). The predicted octanol–water partition coefficient (Wildman–Crippen LogP) is -0.182. The maximum Gasteiger partial charge on any atom is 0.239 e. The number of carbonyl (C=O) groups excluding carboxylic acids is 2. The fraction of sp³-hybridized carbons (Fsp3) is 0.833. The van der Waals surface area contributed by atoms with Crippen LogP contribution in [0.4, 0.5) is 0 Å². The highest BCUT2D eigenvalue weighted by atomic mass is 16.2. The SMILES string of the molecule is CN(CC(=O)NC1CC1)C(=O)CN(C)C1CC1. The number of carbonyl (C=O) groups is 2. The Morgan fingerprint density at radius 2 is 1.76 bits per heavy atom. The number of likely N-dealkylation sites (N-methyl/N-ethyl adjacent to an activating group) is 2. The molecule has 0 heterocycles. The average molecular weight is 239 g/mol. The Labute approximate surface area is 102 Å². The second-order valence-corrected chi connectivity index (χ2v) is 5.24. The third-order valence-corrected chi connectivity index (χ3v) is 3.30. The molecule has 0 atom stereocenters. The molecule has 1 N–H and O–H groups in total. The van der Waals surface area contributed by atoms with E-state index in [0.29, 0.717) is 18.6 Å². The van der Waals surface area contributed by atoms with E-state index in [0.717, 1.165) is 12.8 Å². The maximum atomic E-state index is 11.8. The highest BCUT2D eigenvalue weighted by Gasteiger charge is 2.28. The first-order valence-electron chi connectivity index (χ1n) is 6.30. The van der Waals surface area contributed by atoms with Crippen LogP contribution in [0.2, 0.25) is 0 Å². The van der Waals surface area contributed by atoms with Crippen LogP contribution in [0.3, 0.4) is 0 Å². The number of hydrogen-bond donors (Lipinski definition) is 1. The van der Waals surface area contributed by atoms with Gasteiger partial charge in [0.1, 0.15) is 0 Å². The van der Waals surface area contributed by atoms with E-state index in [4.69, 9.17) is 0 Å². The molecule has 0 unspecified atom stereocenters. The molecule has 0 spiro atoms. The minimum Gasteiger partial charge on any atom is -0.352 e. The van der Waals surface area contributed by atoms with Crippen molar-refractivity contribution in [3.8, 4) is 0 Å². The number of hydrogen-bond acceptors (Lipinski definition) is 3. The lowest BCUT2D eigenvalue weighted by atomic mass is 10.4. The maximum absolute atomic E-state index is 11.8. The summed E-state index contributed by atoms with van der Waals surface area (Å²) in [4.78, 5) is 26.9. The van der Waals surface area contributed by atoms with Gasteiger partial charge >= 0.3 is 0 Å². The van der Waals surface area contributed by atoms with Crippen molar-refractivity contribution in [2.75, 3.05) is 27.2 Å². The van der Waals surface area contributed by atoms with Crippen LogP contribution in [0, 0.1) is 0 Å². The van der Waals surface area contributed by atoms with Crippen LogP contribution in [0.5, 0.6) is 0 Å². The van der Waals surface area contributed by atoms with E-state index in [2.05, 4.69) is 10.2 Å². The molecule has 96 valence electrons. The highest BCUT2D eigenvalue weighted by Crippen LogP contribution is 2.24. The number of rotatable bonds is 6. The van der Waals surface area contributed by atoms with E-state index in [1.54, 1.807) is 7.05 Å². The highest BCUT2D eigenvalue weighted by molar-refractivity contribution is 5.85. The smallest absolute Gasteiger partial charge is 0.239 e. The molecule has 2 rings (SSSR count). The Balaban J connectivity index is 1.67. The first-order chi connectivity index (χ1) is 8.06. The summed E-state index contributed by atoms with van der Waals surface area (Å²) in [6.07, 6.45) is 4.53. The summed E-state index contributed by atoms with van der Waals surface area (Å²) in [6, 6.07) is 0.938. The molecule has 2 aliphatic carbocycles. The van der Waals surface area contributed by atoms with Crippen molar-refractivity contribution in [3.05, 3.63) is 0 Å². The van der Waals surface area contributed by atoms with Gasteiger partial charge in [0, 0.05) is 19.1 Å². The third-order valence-electron chi connectivity index (χ3n) is 3.30. The van der Waals surface area contributed by atoms with Crippen molar-refractivity contribution in [3.63, 3.8) is 0 Å². The van der Waals surface area contributed by atoms with Crippen LogP contribution in [0.1, 0.15) is 25.7 Å². The second-order valence-electron chi connectivity index (χ2n) is 5.24. The zero-order chi connectivity index (χ0) is 12.4. The Bertz CT molecular complexity index is 311. The van der Waals surface area contributed by atoms with E-state index in [-0.39, 0.29) is 18.4 Å². The summed E-state index contributed by atoms with van der Waals surface area (Å²) in [5, 5.41) is 2.88. The van der Waals surface area contributed by atoms with E-state index in [1.807, 2.05) is 7.05 Å². The van der Waals surface area contributed by atoms with Gasteiger partial charge in [-0.1, -0.05) is 0 Å². The van der Waals surface area contributed by atoms with Crippen molar-refractivity contribution < 1.29 is 9.59 Å². The van der Waals surface area contributed by atoms with Crippen LogP contribution < -0.4 is 5.32 Å². The van der Waals surface area contributed by atoms with Crippen LogP contribution >= 0.6 is 0 Å². The lowest BCUT2D eigenvalue weighted by Crippen LogP contribution is -2.43. The molecule has 0 aliphatic heterocycles. The lowest BCUT2D eigenvalue weighted by molar-refractivity contribution is -0.135. The molecule has 5 nitrogen and oxygen atoms in total. The topological polar surface area (TPSA) is 52.7 Å². The average Bonchev–Trinajstić information content (AvgIpc) is 3.11. The molecule has 0 aromatic rings. The molecule has 0 bridgehead atoms. The van der Waals surface area contributed by atoms with E-state index in [9.17, 15) is 9.59 Å². The van der Waals surface area contributed by atoms with Gasteiger partial charge in [-0.2, -0.15) is 0 Å². The van der Waals surface area contributed by atoms with Crippen LogP contribution in [-0.2, 0) is 9.59 Å². The zero-order valence-electron chi connectivity index (χ0n) is 10.6. The van der Waals surface area contributed by atoms with Crippen molar-refractivity contribution in [2.45, 2.75) is 37.8 Å². The molecular weight excluding hydrogens is 218 g/mol. The molecule has 2 aliphatic rings. The van der Waals surface area contributed by atoms with Crippen LogP contribution in [0.25, 0.3) is 0 Å². The van der Waals surface area contributed by atoms with Gasteiger partial charge in [-0.3, -0.25) is 14.5 Å². The molecule has 5 heteroatoms. The van der Waals surface area contributed by atoms with E-state index >= 15 is 0 Å². The molecule has 2 fully saturated rings. The predicted molar refractivity (Wildman–Crippen MR) is 64.5 cm³/mol. The quantitative estimate of drug-likeness (QED) is 0.699. The van der Waals surface area contributed by atoms with Gasteiger partial charge < -0.3 is 10.2 Å². The Morgan fingerprint density at radius 3 is 2.29 bits per heavy atom. The molecule has 0 saturated heterocycles. The largest absolute Gasteiger partial charge is 0.352 e. The summed E-state index contributed by atoms with van der Waals surface area (Å²) in [5.74, 6) is -0.0252. The van der Waals surface area contributed by atoms with Gasteiger partial charge in [0.2, 0.25) is 11.8 Å². The summed E-state index contributed by atoms with van der Waals surface area (Å²) < 4.78 is 0. The van der Waals surface area contributed by atoms with Crippen molar-refractivity contribution in [2.24, 2.45) is 0 Å². The first-order valence-corrected chi connectivity index (χ1v) is 6.30. The first kappa shape index (κ1) is 12.4. The summed E-state index contributed by atoms with van der Waals surface area (Å²) in [6.45, 7) is 0.589. The second kappa shape index (κ2) is 5.04. The number of nitrogens with one attached hydrogen (secondary N) is 1. The lowest BCUT2D eigenvalue weighted by Gasteiger charge is -2.21. The van der Waals surface area contributed by atoms with E-state index < -0.39 is 0 Å². The summed E-state index contributed by atoms with van der Waals surface area (Å²) in [7, 11) is 3.66. The van der Waals surface area contributed by atoms with Gasteiger partial charge in [-0.25, -0.2) is 0 Å². The fourth-order valence-electron chi connectivity index (χ4n) is 1.78. The number of nitrogens with zero attached hydrogens (tertiary/aromatic N) is 2. The molecule has 0 aromatic carbocycles. The van der Waals surface area contributed by atoms with Crippen molar-refractivity contribution in [1.29, 1.82) is 0 Å². The monoisotopic (exact) mass is 239 g/mol.